The van der Waals surface area contributed by atoms with E-state index in [-0.39, 0.29) is 0 Å². The normalized spacial score (nSPS) is 27.4. The molecular weight excluding hydrogens is 311 g/mol. The van der Waals surface area contributed by atoms with Gasteiger partial charge in [0.1, 0.15) is 0 Å². The molecular formula is C14H29O7P. The molecule has 8 heteroatoms. The molecule has 7 nitrogen and oxygen atoms in total. The molecule has 0 aromatic rings. The molecule has 1 aliphatic rings. The fourth-order valence-electron chi connectivity index (χ4n) is 1.83. The van der Waals surface area contributed by atoms with E-state index in [2.05, 4.69) is 0 Å². The first-order valence-electron chi connectivity index (χ1n) is 8.11. The Hall–Kier alpha value is -0.0100. The van der Waals surface area contributed by atoms with Crippen molar-refractivity contribution in [2.75, 3.05) is 19.8 Å². The molecule has 0 radical (unpaired) electrons. The number of unbranched alkanes of at least 4 members (excludes halogenated alkanes) is 3. The summed E-state index contributed by atoms with van der Waals surface area (Å²) in [7, 11) is -4.24. The zero-order chi connectivity index (χ0) is 16.5. The number of phosphoric acid groups is 1. The first kappa shape index (κ1) is 20.0. The van der Waals surface area contributed by atoms with E-state index in [1.807, 2.05) is 20.8 Å². The van der Waals surface area contributed by atoms with E-state index < -0.39 is 20.1 Å². The smallest absolute Gasteiger partial charge is 0.345 e. The largest absolute Gasteiger partial charge is 0.479 e. The van der Waals surface area contributed by atoms with Crippen LogP contribution < -0.4 is 0 Å². The molecule has 0 bridgehead atoms. The molecule has 0 aromatic carbocycles. The predicted octanol–water partition coefficient (Wildman–Crippen LogP) is 3.56. The quantitative estimate of drug-likeness (QED) is 0.330. The topological polar surface area (TPSA) is 83.5 Å². The van der Waals surface area contributed by atoms with Crippen LogP contribution in [0.3, 0.4) is 0 Å². The molecule has 1 aliphatic heterocycles. The summed E-state index contributed by atoms with van der Waals surface area (Å²) >= 11 is 0. The standard InChI is InChI=1S/C14H29O7P/c1-4-7-10-17-13-14(18-11-8-5-2,19-12-9-6-3)21-22(15,16)20-13/h13H,4-12H2,1-3H3,(H,15,16). The van der Waals surface area contributed by atoms with Gasteiger partial charge in [-0.2, -0.15) is 0 Å². The van der Waals surface area contributed by atoms with Gasteiger partial charge in [-0.05, 0) is 19.3 Å². The Balaban J connectivity index is 2.77. The lowest BCUT2D eigenvalue weighted by molar-refractivity contribution is -0.393. The third-order valence-corrected chi connectivity index (χ3v) is 4.07. The second kappa shape index (κ2) is 9.98. The van der Waals surface area contributed by atoms with Gasteiger partial charge >= 0.3 is 13.8 Å². The first-order valence-corrected chi connectivity index (χ1v) is 9.60. The zero-order valence-corrected chi connectivity index (χ0v) is 14.7. The molecule has 2 atom stereocenters. The Morgan fingerprint density at radius 1 is 1.00 bits per heavy atom. The number of rotatable bonds is 12. The predicted molar refractivity (Wildman–Crippen MR) is 81.1 cm³/mol. The maximum absolute atomic E-state index is 11.8. The number of ether oxygens (including phenoxy) is 3. The lowest BCUT2D eigenvalue weighted by Crippen LogP contribution is -2.47. The summed E-state index contributed by atoms with van der Waals surface area (Å²) < 4.78 is 38.7. The van der Waals surface area contributed by atoms with Crippen LogP contribution >= 0.6 is 7.82 Å². The third-order valence-electron chi connectivity index (χ3n) is 3.13. The van der Waals surface area contributed by atoms with E-state index in [9.17, 15) is 9.46 Å². The highest BCUT2D eigenvalue weighted by Gasteiger charge is 2.59. The summed E-state index contributed by atoms with van der Waals surface area (Å²) in [6.45, 7) is 7.10. The average molecular weight is 340 g/mol. The van der Waals surface area contributed by atoms with Crippen LogP contribution in [0, 0.1) is 0 Å². The summed E-state index contributed by atoms with van der Waals surface area (Å²) in [5.74, 6) is -1.76. The van der Waals surface area contributed by atoms with Crippen molar-refractivity contribution in [2.24, 2.45) is 0 Å². The number of phosphoric ester groups is 1. The van der Waals surface area contributed by atoms with Crippen molar-refractivity contribution in [2.45, 2.75) is 71.6 Å². The maximum atomic E-state index is 11.8. The fraction of sp³-hybridized carbons (Fsp3) is 1.00. The number of hydrogen-bond acceptors (Lipinski definition) is 6. The molecule has 0 amide bonds. The summed E-state index contributed by atoms with van der Waals surface area (Å²) in [4.78, 5) is 9.64. The van der Waals surface area contributed by atoms with Crippen molar-refractivity contribution in [3.8, 4) is 0 Å². The monoisotopic (exact) mass is 340 g/mol. The van der Waals surface area contributed by atoms with Crippen LogP contribution in [-0.4, -0.2) is 37.0 Å². The molecule has 132 valence electrons. The van der Waals surface area contributed by atoms with Gasteiger partial charge in [-0.1, -0.05) is 40.0 Å². The van der Waals surface area contributed by atoms with Gasteiger partial charge < -0.3 is 19.1 Å². The minimum atomic E-state index is -4.24. The molecule has 1 saturated heterocycles. The second-order valence-electron chi connectivity index (χ2n) is 5.23. The van der Waals surface area contributed by atoms with Gasteiger partial charge in [0.05, 0.1) is 19.8 Å². The first-order chi connectivity index (χ1) is 10.5. The van der Waals surface area contributed by atoms with Crippen molar-refractivity contribution in [1.82, 2.24) is 0 Å². The Morgan fingerprint density at radius 2 is 1.50 bits per heavy atom. The summed E-state index contributed by atoms with van der Waals surface area (Å²) in [5.41, 5.74) is 0. The van der Waals surface area contributed by atoms with Gasteiger partial charge in [0.15, 0.2) is 0 Å². The van der Waals surface area contributed by atoms with Crippen molar-refractivity contribution in [3.63, 3.8) is 0 Å². The highest BCUT2D eigenvalue weighted by atomic mass is 31.2. The molecule has 0 saturated carbocycles. The fourth-order valence-corrected chi connectivity index (χ4v) is 2.81. The Labute approximate surface area is 132 Å². The summed E-state index contributed by atoms with van der Waals surface area (Å²) in [6.07, 6.45) is 3.97. The van der Waals surface area contributed by atoms with Crippen molar-refractivity contribution in [3.05, 3.63) is 0 Å². The van der Waals surface area contributed by atoms with E-state index in [1.54, 1.807) is 0 Å². The third kappa shape index (κ3) is 6.24. The Kier molecular flexibility index (Phi) is 9.09. The van der Waals surface area contributed by atoms with Gasteiger partial charge in [0, 0.05) is 0 Å². The molecule has 0 aliphatic carbocycles. The van der Waals surface area contributed by atoms with Crippen LogP contribution in [0.15, 0.2) is 0 Å². The van der Waals surface area contributed by atoms with Gasteiger partial charge in [0.25, 0.3) is 6.29 Å². The van der Waals surface area contributed by atoms with Crippen LogP contribution in [-0.2, 0) is 27.8 Å². The Morgan fingerprint density at radius 3 is 2.00 bits per heavy atom. The average Bonchev–Trinajstić information content (AvgIpc) is 2.71. The zero-order valence-electron chi connectivity index (χ0n) is 13.8. The van der Waals surface area contributed by atoms with E-state index in [0.29, 0.717) is 19.8 Å². The minimum Gasteiger partial charge on any atom is -0.345 e. The molecule has 0 aromatic heterocycles. The molecule has 2 unspecified atom stereocenters. The summed E-state index contributed by atoms with van der Waals surface area (Å²) in [5, 5.41) is 0. The minimum absolute atomic E-state index is 0.333. The van der Waals surface area contributed by atoms with E-state index in [0.717, 1.165) is 38.5 Å². The molecule has 1 heterocycles. The highest BCUT2D eigenvalue weighted by Crippen LogP contribution is 2.58. The summed E-state index contributed by atoms with van der Waals surface area (Å²) in [6, 6.07) is 0. The van der Waals surface area contributed by atoms with Crippen molar-refractivity contribution < 1.29 is 32.7 Å². The molecule has 1 rings (SSSR count). The van der Waals surface area contributed by atoms with Crippen molar-refractivity contribution >= 4 is 7.82 Å². The molecule has 1 N–H and O–H groups in total. The van der Waals surface area contributed by atoms with E-state index >= 15 is 0 Å². The number of hydrogen-bond donors (Lipinski definition) is 1. The lowest BCUT2D eigenvalue weighted by Gasteiger charge is -2.30. The van der Waals surface area contributed by atoms with Gasteiger partial charge in [0.2, 0.25) is 0 Å². The van der Waals surface area contributed by atoms with E-state index in [1.165, 1.54) is 0 Å². The van der Waals surface area contributed by atoms with E-state index in [4.69, 9.17) is 23.3 Å². The second-order valence-corrected chi connectivity index (χ2v) is 6.56. The highest BCUT2D eigenvalue weighted by molar-refractivity contribution is 7.47. The van der Waals surface area contributed by atoms with Gasteiger partial charge in [-0.25, -0.2) is 13.6 Å². The Bertz CT molecular complexity index is 340. The van der Waals surface area contributed by atoms with Gasteiger partial charge in [-0.3, -0.25) is 0 Å². The van der Waals surface area contributed by atoms with Gasteiger partial charge in [-0.15, -0.1) is 0 Å². The van der Waals surface area contributed by atoms with Crippen LogP contribution in [0.2, 0.25) is 0 Å². The lowest BCUT2D eigenvalue weighted by atomic mass is 10.3. The van der Waals surface area contributed by atoms with Crippen LogP contribution in [0.1, 0.15) is 59.3 Å². The molecule has 0 spiro atoms. The SMILES string of the molecule is CCCCOC1OP(=O)(O)OC1(OCCCC)OCCCC. The maximum Gasteiger partial charge on any atom is 0.479 e. The van der Waals surface area contributed by atoms with Crippen molar-refractivity contribution in [1.29, 1.82) is 0 Å². The van der Waals surface area contributed by atoms with Crippen LogP contribution in [0.4, 0.5) is 0 Å². The van der Waals surface area contributed by atoms with Crippen LogP contribution in [0.25, 0.3) is 0 Å². The van der Waals surface area contributed by atoms with Crippen LogP contribution in [0.5, 0.6) is 0 Å². The molecule has 1 fully saturated rings. The molecule has 22 heavy (non-hydrogen) atoms.